The lowest BCUT2D eigenvalue weighted by Gasteiger charge is -2.01. The van der Waals surface area contributed by atoms with Gasteiger partial charge in [0.1, 0.15) is 0 Å². The molecular weight excluding hydrogens is 230 g/mol. The van der Waals surface area contributed by atoms with E-state index < -0.39 is 0 Å². The Morgan fingerprint density at radius 3 is 2.71 bits per heavy atom. The maximum Gasteiger partial charge on any atom is 0.244 e. The SMILES string of the molecule is O=C(C=Cc1cccs1)NCc1ccccc1. The molecule has 0 atom stereocenters. The van der Waals surface area contributed by atoms with E-state index in [1.165, 1.54) is 0 Å². The summed E-state index contributed by atoms with van der Waals surface area (Å²) in [6.07, 6.45) is 3.39. The summed E-state index contributed by atoms with van der Waals surface area (Å²) in [5.41, 5.74) is 1.10. The van der Waals surface area contributed by atoms with Gasteiger partial charge in [-0.25, -0.2) is 0 Å². The van der Waals surface area contributed by atoms with E-state index >= 15 is 0 Å². The van der Waals surface area contributed by atoms with Gasteiger partial charge in [-0.3, -0.25) is 4.79 Å². The van der Waals surface area contributed by atoms with Crippen LogP contribution in [-0.2, 0) is 11.3 Å². The van der Waals surface area contributed by atoms with Crippen molar-refractivity contribution in [1.29, 1.82) is 0 Å². The summed E-state index contributed by atoms with van der Waals surface area (Å²) in [6, 6.07) is 13.8. The topological polar surface area (TPSA) is 29.1 Å². The van der Waals surface area contributed by atoms with Crippen molar-refractivity contribution < 1.29 is 4.79 Å². The fraction of sp³-hybridized carbons (Fsp3) is 0.0714. The van der Waals surface area contributed by atoms with E-state index in [1.807, 2.05) is 53.9 Å². The Morgan fingerprint density at radius 1 is 1.18 bits per heavy atom. The van der Waals surface area contributed by atoms with Crippen LogP contribution in [0.1, 0.15) is 10.4 Å². The van der Waals surface area contributed by atoms with Gasteiger partial charge in [0, 0.05) is 17.5 Å². The summed E-state index contributed by atoms with van der Waals surface area (Å²) < 4.78 is 0. The van der Waals surface area contributed by atoms with Gasteiger partial charge in [0.15, 0.2) is 0 Å². The van der Waals surface area contributed by atoms with Crippen molar-refractivity contribution in [3.8, 4) is 0 Å². The third kappa shape index (κ3) is 3.89. The molecule has 1 amide bonds. The van der Waals surface area contributed by atoms with Crippen LogP contribution in [0.15, 0.2) is 53.9 Å². The van der Waals surface area contributed by atoms with Gasteiger partial charge in [-0.05, 0) is 23.1 Å². The van der Waals surface area contributed by atoms with Crippen LogP contribution >= 0.6 is 11.3 Å². The first-order valence-corrected chi connectivity index (χ1v) is 6.26. The molecule has 17 heavy (non-hydrogen) atoms. The van der Waals surface area contributed by atoms with E-state index in [-0.39, 0.29) is 5.91 Å². The Hall–Kier alpha value is -1.87. The number of nitrogens with one attached hydrogen (secondary N) is 1. The molecule has 0 saturated carbocycles. The van der Waals surface area contributed by atoms with Crippen LogP contribution in [-0.4, -0.2) is 5.91 Å². The van der Waals surface area contributed by atoms with Crippen LogP contribution in [0.25, 0.3) is 6.08 Å². The van der Waals surface area contributed by atoms with Gasteiger partial charge in [-0.1, -0.05) is 36.4 Å². The first-order valence-electron chi connectivity index (χ1n) is 5.38. The summed E-state index contributed by atoms with van der Waals surface area (Å²) in [5, 5.41) is 4.83. The lowest BCUT2D eigenvalue weighted by atomic mass is 10.2. The number of carbonyl (C=O) groups is 1. The molecule has 2 nitrogen and oxygen atoms in total. The molecule has 0 bridgehead atoms. The summed E-state index contributed by atoms with van der Waals surface area (Å²) in [4.78, 5) is 12.6. The van der Waals surface area contributed by atoms with Crippen molar-refractivity contribution in [1.82, 2.24) is 5.32 Å². The van der Waals surface area contributed by atoms with Crippen molar-refractivity contribution >= 4 is 23.3 Å². The van der Waals surface area contributed by atoms with Crippen molar-refractivity contribution in [3.63, 3.8) is 0 Å². The standard InChI is InChI=1S/C14H13NOS/c16-14(9-8-13-7-4-10-17-13)15-11-12-5-2-1-3-6-12/h1-10H,11H2,(H,15,16). The highest BCUT2D eigenvalue weighted by atomic mass is 32.1. The summed E-state index contributed by atoms with van der Waals surface area (Å²) >= 11 is 1.61. The molecule has 0 radical (unpaired) electrons. The maximum atomic E-state index is 11.5. The minimum absolute atomic E-state index is 0.0674. The van der Waals surface area contributed by atoms with Crippen LogP contribution in [0.2, 0.25) is 0 Å². The number of hydrogen-bond acceptors (Lipinski definition) is 2. The van der Waals surface area contributed by atoms with Gasteiger partial charge in [0.05, 0.1) is 0 Å². The van der Waals surface area contributed by atoms with Crippen molar-refractivity contribution in [2.75, 3.05) is 0 Å². The highest BCUT2D eigenvalue weighted by molar-refractivity contribution is 7.10. The highest BCUT2D eigenvalue weighted by Gasteiger charge is 1.96. The Labute approximate surface area is 105 Å². The molecule has 3 heteroatoms. The Kier molecular flexibility index (Phi) is 4.11. The predicted octanol–water partition coefficient (Wildman–Crippen LogP) is 3.08. The van der Waals surface area contributed by atoms with Crippen molar-refractivity contribution in [2.45, 2.75) is 6.54 Å². The van der Waals surface area contributed by atoms with E-state index in [9.17, 15) is 4.79 Å². The Bertz CT molecular complexity index is 488. The zero-order valence-corrected chi connectivity index (χ0v) is 10.1. The number of hydrogen-bond donors (Lipinski definition) is 1. The first kappa shape index (κ1) is 11.6. The third-order valence-electron chi connectivity index (χ3n) is 2.25. The number of benzene rings is 1. The van der Waals surface area contributed by atoms with Gasteiger partial charge >= 0.3 is 0 Å². The smallest absolute Gasteiger partial charge is 0.244 e. The molecule has 86 valence electrons. The summed E-state index contributed by atoms with van der Waals surface area (Å²) in [5.74, 6) is -0.0674. The molecule has 2 rings (SSSR count). The average Bonchev–Trinajstić information content (AvgIpc) is 2.88. The highest BCUT2D eigenvalue weighted by Crippen LogP contribution is 2.09. The maximum absolute atomic E-state index is 11.5. The van der Waals surface area contributed by atoms with Crippen LogP contribution < -0.4 is 5.32 Å². The fourth-order valence-corrected chi connectivity index (χ4v) is 2.01. The zero-order chi connectivity index (χ0) is 11.9. The second-order valence-corrected chi connectivity index (χ2v) is 4.53. The average molecular weight is 243 g/mol. The third-order valence-corrected chi connectivity index (χ3v) is 3.09. The number of rotatable bonds is 4. The lowest BCUT2D eigenvalue weighted by Crippen LogP contribution is -2.19. The van der Waals surface area contributed by atoms with Crippen molar-refractivity contribution in [2.24, 2.45) is 0 Å². The molecule has 0 saturated heterocycles. The normalized spacial score (nSPS) is 10.6. The van der Waals surface area contributed by atoms with Gasteiger partial charge in [-0.15, -0.1) is 11.3 Å². The summed E-state index contributed by atoms with van der Waals surface area (Å²) in [7, 11) is 0. The predicted molar refractivity (Wildman–Crippen MR) is 71.6 cm³/mol. The van der Waals surface area contributed by atoms with E-state index in [2.05, 4.69) is 5.32 Å². The molecule has 1 aromatic heterocycles. The monoisotopic (exact) mass is 243 g/mol. The molecule has 0 fully saturated rings. The second-order valence-electron chi connectivity index (χ2n) is 3.55. The quantitative estimate of drug-likeness (QED) is 0.821. The van der Waals surface area contributed by atoms with E-state index in [4.69, 9.17) is 0 Å². The van der Waals surface area contributed by atoms with E-state index in [0.717, 1.165) is 10.4 Å². The van der Waals surface area contributed by atoms with Gasteiger partial charge in [0.25, 0.3) is 0 Å². The lowest BCUT2D eigenvalue weighted by molar-refractivity contribution is -0.116. The number of carbonyl (C=O) groups excluding carboxylic acids is 1. The van der Waals surface area contributed by atoms with Gasteiger partial charge in [0.2, 0.25) is 5.91 Å². The molecule has 2 aromatic rings. The minimum Gasteiger partial charge on any atom is -0.348 e. The first-order chi connectivity index (χ1) is 8.34. The zero-order valence-electron chi connectivity index (χ0n) is 9.30. The van der Waals surface area contributed by atoms with Crippen LogP contribution in [0.4, 0.5) is 0 Å². The number of thiophene rings is 1. The number of amides is 1. The largest absolute Gasteiger partial charge is 0.348 e. The molecule has 0 aliphatic heterocycles. The summed E-state index contributed by atoms with van der Waals surface area (Å²) in [6.45, 7) is 0.564. The van der Waals surface area contributed by atoms with E-state index in [0.29, 0.717) is 6.54 Å². The molecule has 0 unspecified atom stereocenters. The fourth-order valence-electron chi connectivity index (χ4n) is 1.39. The Morgan fingerprint density at radius 2 is 2.00 bits per heavy atom. The molecule has 1 aromatic carbocycles. The van der Waals surface area contributed by atoms with Gasteiger partial charge in [-0.2, -0.15) is 0 Å². The minimum atomic E-state index is -0.0674. The van der Waals surface area contributed by atoms with Gasteiger partial charge < -0.3 is 5.32 Å². The molecule has 1 N–H and O–H groups in total. The van der Waals surface area contributed by atoms with Crippen LogP contribution in [0.3, 0.4) is 0 Å². The van der Waals surface area contributed by atoms with Crippen LogP contribution in [0.5, 0.6) is 0 Å². The van der Waals surface area contributed by atoms with Crippen LogP contribution in [0, 0.1) is 0 Å². The van der Waals surface area contributed by atoms with E-state index in [1.54, 1.807) is 17.4 Å². The second kappa shape index (κ2) is 6.01. The molecule has 0 aliphatic rings. The van der Waals surface area contributed by atoms with Crippen molar-refractivity contribution in [3.05, 3.63) is 64.4 Å². The Balaban J connectivity index is 1.82. The molecule has 1 heterocycles. The molecular formula is C14H13NOS. The molecule has 0 spiro atoms. The molecule has 0 aliphatic carbocycles.